The molecule has 0 spiro atoms. The Kier molecular flexibility index (Phi) is 6.21. The Morgan fingerprint density at radius 3 is 2.09 bits per heavy atom. The molecule has 0 fully saturated rings. The first-order valence-electron chi connectivity index (χ1n) is 9.35. The Morgan fingerprint density at radius 1 is 1.00 bits per heavy atom. The molecule has 0 saturated heterocycles. The second kappa shape index (κ2) is 8.44. The first-order valence-corrected chi connectivity index (χ1v) is 9.35. The van der Waals surface area contributed by atoms with Crippen molar-refractivity contribution in [2.75, 3.05) is 20.3 Å². The SMILES string of the molecule is CN1C(=O)c2ccccc2C(C(=O)NCCF)C1c1cc(C(F)(F)F)cc(C(F)(F)F)c1. The largest absolute Gasteiger partial charge is 0.416 e. The molecule has 1 N–H and O–H groups in total. The summed E-state index contributed by atoms with van der Waals surface area (Å²) in [7, 11) is 1.19. The van der Waals surface area contributed by atoms with Crippen molar-refractivity contribution in [2.24, 2.45) is 0 Å². The second-order valence-electron chi connectivity index (χ2n) is 7.25. The van der Waals surface area contributed by atoms with Crippen LogP contribution < -0.4 is 5.32 Å². The molecule has 0 aromatic heterocycles. The van der Waals surface area contributed by atoms with E-state index in [4.69, 9.17) is 0 Å². The van der Waals surface area contributed by atoms with Crippen LogP contribution >= 0.6 is 0 Å². The highest BCUT2D eigenvalue weighted by Crippen LogP contribution is 2.45. The number of fused-ring (bicyclic) bond motifs is 1. The van der Waals surface area contributed by atoms with Gasteiger partial charge in [0.1, 0.15) is 6.67 Å². The Hall–Kier alpha value is -3.11. The molecule has 2 aromatic carbocycles. The van der Waals surface area contributed by atoms with Crippen LogP contribution in [0.15, 0.2) is 42.5 Å². The lowest BCUT2D eigenvalue weighted by molar-refractivity contribution is -0.143. The van der Waals surface area contributed by atoms with E-state index in [-0.39, 0.29) is 17.2 Å². The minimum Gasteiger partial charge on any atom is -0.353 e. The zero-order valence-electron chi connectivity index (χ0n) is 16.5. The summed E-state index contributed by atoms with van der Waals surface area (Å²) in [6, 6.07) is 5.25. The summed E-state index contributed by atoms with van der Waals surface area (Å²) >= 11 is 0. The van der Waals surface area contributed by atoms with Crippen molar-refractivity contribution < 1.29 is 40.3 Å². The van der Waals surface area contributed by atoms with E-state index in [0.717, 1.165) is 4.90 Å². The Balaban J connectivity index is 2.25. The van der Waals surface area contributed by atoms with Gasteiger partial charge in [-0.3, -0.25) is 9.59 Å². The van der Waals surface area contributed by atoms with Crippen LogP contribution in [-0.2, 0) is 17.1 Å². The maximum atomic E-state index is 13.4. The van der Waals surface area contributed by atoms with Crippen LogP contribution in [-0.4, -0.2) is 37.0 Å². The van der Waals surface area contributed by atoms with Gasteiger partial charge in [-0.15, -0.1) is 0 Å². The monoisotopic (exact) mass is 462 g/mol. The van der Waals surface area contributed by atoms with Gasteiger partial charge in [0.2, 0.25) is 5.91 Å². The van der Waals surface area contributed by atoms with Crippen molar-refractivity contribution >= 4 is 11.8 Å². The average Bonchev–Trinajstić information content (AvgIpc) is 2.72. The lowest BCUT2D eigenvalue weighted by Crippen LogP contribution is -2.46. The molecule has 11 heteroatoms. The van der Waals surface area contributed by atoms with Crippen molar-refractivity contribution in [3.05, 3.63) is 70.3 Å². The number of nitrogens with one attached hydrogen (secondary N) is 1. The van der Waals surface area contributed by atoms with Gasteiger partial charge in [0.25, 0.3) is 5.91 Å². The molecule has 2 unspecified atom stereocenters. The van der Waals surface area contributed by atoms with Gasteiger partial charge in [-0.05, 0) is 35.4 Å². The molecule has 3 rings (SSSR count). The molecule has 2 amide bonds. The smallest absolute Gasteiger partial charge is 0.353 e. The molecule has 1 aliphatic rings. The number of alkyl halides is 7. The molecule has 1 heterocycles. The van der Waals surface area contributed by atoms with Gasteiger partial charge in [0, 0.05) is 19.2 Å². The lowest BCUT2D eigenvalue weighted by atomic mass is 9.78. The summed E-state index contributed by atoms with van der Waals surface area (Å²) in [4.78, 5) is 26.6. The highest BCUT2D eigenvalue weighted by Gasteiger charge is 2.45. The van der Waals surface area contributed by atoms with Gasteiger partial charge in [0.05, 0.1) is 23.1 Å². The third-order valence-electron chi connectivity index (χ3n) is 5.21. The average molecular weight is 462 g/mol. The van der Waals surface area contributed by atoms with E-state index >= 15 is 0 Å². The maximum absolute atomic E-state index is 13.4. The normalized spacial score (nSPS) is 19.0. The van der Waals surface area contributed by atoms with Crippen LogP contribution in [0.3, 0.4) is 0 Å². The number of carbonyl (C=O) groups excluding carboxylic acids is 2. The molecular formula is C21H17F7N2O2. The van der Waals surface area contributed by atoms with Crippen LogP contribution in [0.5, 0.6) is 0 Å². The standard InChI is InChI=1S/C21H17F7N2O2/c1-30-17(11-8-12(20(23,24)25)10-13(9-11)21(26,27)28)16(18(31)29-7-6-22)14-4-2-3-5-15(14)19(30)32/h2-5,8-10,16-17H,6-7H2,1H3,(H,29,31). The molecular weight excluding hydrogens is 445 g/mol. The van der Waals surface area contributed by atoms with E-state index in [2.05, 4.69) is 5.32 Å². The molecule has 32 heavy (non-hydrogen) atoms. The van der Waals surface area contributed by atoms with Gasteiger partial charge in [0.15, 0.2) is 0 Å². The number of amides is 2. The number of benzene rings is 2. The van der Waals surface area contributed by atoms with Crippen LogP contribution in [0, 0.1) is 0 Å². The van der Waals surface area contributed by atoms with Crippen molar-refractivity contribution in [3.8, 4) is 0 Å². The van der Waals surface area contributed by atoms with Crippen LogP contribution in [0.25, 0.3) is 0 Å². The van der Waals surface area contributed by atoms with E-state index in [9.17, 15) is 40.3 Å². The zero-order valence-corrected chi connectivity index (χ0v) is 16.5. The predicted molar refractivity (Wildman–Crippen MR) is 99.4 cm³/mol. The summed E-state index contributed by atoms with van der Waals surface area (Å²) < 4.78 is 92.8. The first-order chi connectivity index (χ1) is 14.9. The lowest BCUT2D eigenvalue weighted by Gasteiger charge is -2.40. The topological polar surface area (TPSA) is 49.4 Å². The van der Waals surface area contributed by atoms with E-state index in [1.807, 2.05) is 0 Å². The zero-order chi connectivity index (χ0) is 23.8. The summed E-state index contributed by atoms with van der Waals surface area (Å²) in [6.07, 6.45) is -10.2. The number of hydrogen-bond acceptors (Lipinski definition) is 2. The number of halogens is 7. The van der Waals surface area contributed by atoms with Gasteiger partial charge in [-0.25, -0.2) is 4.39 Å². The number of hydrogen-bond donors (Lipinski definition) is 1. The van der Waals surface area contributed by atoms with Crippen molar-refractivity contribution in [3.63, 3.8) is 0 Å². The van der Waals surface area contributed by atoms with E-state index in [0.29, 0.717) is 12.1 Å². The third-order valence-corrected chi connectivity index (χ3v) is 5.21. The molecule has 2 aromatic rings. The summed E-state index contributed by atoms with van der Waals surface area (Å²) in [6.45, 7) is -1.33. The van der Waals surface area contributed by atoms with Crippen molar-refractivity contribution in [1.29, 1.82) is 0 Å². The maximum Gasteiger partial charge on any atom is 0.416 e. The molecule has 0 radical (unpaired) electrons. The highest BCUT2D eigenvalue weighted by atomic mass is 19.4. The molecule has 2 atom stereocenters. The molecule has 0 bridgehead atoms. The quantitative estimate of drug-likeness (QED) is 0.669. The predicted octanol–water partition coefficient (Wildman–Crippen LogP) is 4.72. The number of likely N-dealkylation sites (N-methyl/N-ethyl adjacent to an activating group) is 1. The minimum atomic E-state index is -5.10. The Morgan fingerprint density at radius 2 is 1.56 bits per heavy atom. The van der Waals surface area contributed by atoms with Crippen molar-refractivity contribution in [2.45, 2.75) is 24.3 Å². The third kappa shape index (κ3) is 4.42. The van der Waals surface area contributed by atoms with Gasteiger partial charge in [-0.1, -0.05) is 18.2 Å². The highest BCUT2D eigenvalue weighted by molar-refractivity contribution is 6.01. The molecule has 0 saturated carbocycles. The Bertz CT molecular complexity index is 1000. The van der Waals surface area contributed by atoms with Crippen LogP contribution in [0.4, 0.5) is 30.7 Å². The fraction of sp³-hybridized carbons (Fsp3) is 0.333. The van der Waals surface area contributed by atoms with Gasteiger partial charge < -0.3 is 10.2 Å². The van der Waals surface area contributed by atoms with E-state index in [1.165, 1.54) is 31.3 Å². The first kappa shape index (κ1) is 23.6. The summed E-state index contributed by atoms with van der Waals surface area (Å²) in [5.41, 5.74) is -3.44. The fourth-order valence-corrected chi connectivity index (χ4v) is 3.80. The van der Waals surface area contributed by atoms with Crippen LogP contribution in [0.1, 0.15) is 44.6 Å². The molecule has 1 aliphatic heterocycles. The number of rotatable bonds is 4. The molecule has 172 valence electrons. The number of carbonyl (C=O) groups is 2. The Labute approximate surface area is 178 Å². The summed E-state index contributed by atoms with van der Waals surface area (Å²) in [5.74, 6) is -2.86. The van der Waals surface area contributed by atoms with Gasteiger partial charge >= 0.3 is 12.4 Å². The molecule has 0 aliphatic carbocycles. The number of nitrogens with zero attached hydrogens (tertiary/aromatic N) is 1. The van der Waals surface area contributed by atoms with Crippen molar-refractivity contribution in [1.82, 2.24) is 10.2 Å². The second-order valence-corrected chi connectivity index (χ2v) is 7.25. The minimum absolute atomic E-state index is 0.0275. The van der Waals surface area contributed by atoms with E-state index in [1.54, 1.807) is 0 Å². The fourth-order valence-electron chi connectivity index (χ4n) is 3.80. The van der Waals surface area contributed by atoms with Gasteiger partial charge in [-0.2, -0.15) is 26.3 Å². The summed E-state index contributed by atoms with van der Waals surface area (Å²) in [5, 5.41) is 2.27. The van der Waals surface area contributed by atoms with E-state index < -0.39 is 66.0 Å². The molecule has 4 nitrogen and oxygen atoms in total. The van der Waals surface area contributed by atoms with Crippen LogP contribution in [0.2, 0.25) is 0 Å².